The van der Waals surface area contributed by atoms with E-state index in [0.717, 1.165) is 0 Å². The molecule has 0 saturated carbocycles. The van der Waals surface area contributed by atoms with Crippen LogP contribution in [0, 0.1) is 22.0 Å². The molecule has 0 atom stereocenters. The summed E-state index contributed by atoms with van der Waals surface area (Å²) in [5.74, 6) is 4.26. The second-order valence-electron chi connectivity index (χ2n) is 3.40. The molecule has 1 aromatic carbocycles. The molecule has 0 spiro atoms. The fourth-order valence-electron chi connectivity index (χ4n) is 1.37. The normalized spacial score (nSPS) is 9.17. The zero-order valence-electron chi connectivity index (χ0n) is 9.77. The van der Waals surface area contributed by atoms with E-state index in [9.17, 15) is 14.9 Å². The van der Waals surface area contributed by atoms with Gasteiger partial charge < -0.3 is 10.4 Å². The van der Waals surface area contributed by atoms with Crippen molar-refractivity contribution in [3.63, 3.8) is 0 Å². The third kappa shape index (κ3) is 3.49. The van der Waals surface area contributed by atoms with E-state index in [2.05, 4.69) is 17.2 Å². The number of nitro groups is 1. The van der Waals surface area contributed by atoms with Crippen LogP contribution in [-0.2, 0) is 0 Å². The molecule has 0 fully saturated rings. The first kappa shape index (κ1) is 13.5. The molecule has 0 unspecified atom stereocenters. The monoisotopic (exact) mass is 248 g/mol. The van der Waals surface area contributed by atoms with Crippen molar-refractivity contribution in [2.24, 2.45) is 0 Å². The maximum Gasteiger partial charge on any atom is 0.342 e. The number of carboxylic acids is 1. The van der Waals surface area contributed by atoms with Crippen molar-refractivity contribution in [3.05, 3.63) is 33.9 Å². The molecule has 6 nitrogen and oxygen atoms in total. The molecular weight excluding hydrogens is 236 g/mol. The third-order valence-corrected chi connectivity index (χ3v) is 2.18. The van der Waals surface area contributed by atoms with Gasteiger partial charge in [0.2, 0.25) is 0 Å². The van der Waals surface area contributed by atoms with Crippen LogP contribution in [0.2, 0.25) is 0 Å². The third-order valence-electron chi connectivity index (χ3n) is 2.18. The van der Waals surface area contributed by atoms with Gasteiger partial charge in [-0.05, 0) is 19.1 Å². The lowest BCUT2D eigenvalue weighted by molar-refractivity contribution is -0.385. The van der Waals surface area contributed by atoms with Gasteiger partial charge in [0.15, 0.2) is 0 Å². The van der Waals surface area contributed by atoms with Crippen molar-refractivity contribution >= 4 is 17.3 Å². The molecule has 0 saturated heterocycles. The summed E-state index contributed by atoms with van der Waals surface area (Å²) in [5, 5.41) is 22.5. The largest absolute Gasteiger partial charge is 0.477 e. The van der Waals surface area contributed by atoms with Crippen molar-refractivity contribution < 1.29 is 14.8 Å². The number of rotatable bonds is 5. The van der Waals surface area contributed by atoms with Gasteiger partial charge in [0.25, 0.3) is 5.69 Å². The number of anilines is 1. The molecule has 0 bridgehead atoms. The van der Waals surface area contributed by atoms with Gasteiger partial charge in [0.05, 0.1) is 4.92 Å². The summed E-state index contributed by atoms with van der Waals surface area (Å²) in [4.78, 5) is 20.8. The molecule has 0 radical (unpaired) electrons. The number of hydrogen-bond donors (Lipinski definition) is 2. The molecule has 0 aliphatic rings. The maximum atomic E-state index is 10.8. The van der Waals surface area contributed by atoms with Crippen molar-refractivity contribution in [2.45, 2.75) is 13.3 Å². The molecule has 18 heavy (non-hydrogen) atoms. The lowest BCUT2D eigenvalue weighted by Gasteiger charge is -2.05. The number of hydrogen-bond acceptors (Lipinski definition) is 4. The summed E-state index contributed by atoms with van der Waals surface area (Å²) in [6.45, 7) is 2.27. The Bertz CT molecular complexity index is 529. The second kappa shape index (κ2) is 6.25. The second-order valence-corrected chi connectivity index (χ2v) is 3.40. The standard InChI is InChI=1S/C12H12N2O4/c1-2-3-4-7-13-9-5-6-10(12(15)16)11(8-9)14(17)18/h5-6,8,13H,4,7H2,1H3,(H,15,16). The lowest BCUT2D eigenvalue weighted by atomic mass is 10.1. The summed E-state index contributed by atoms with van der Waals surface area (Å²) in [6.07, 6.45) is 0.616. The first-order valence-corrected chi connectivity index (χ1v) is 5.21. The molecular formula is C12H12N2O4. The van der Waals surface area contributed by atoms with Crippen LogP contribution >= 0.6 is 0 Å². The fraction of sp³-hybridized carbons (Fsp3) is 0.250. The number of aromatic carboxylic acids is 1. The molecule has 0 amide bonds. The van der Waals surface area contributed by atoms with Gasteiger partial charge in [-0.1, -0.05) is 0 Å². The highest BCUT2D eigenvalue weighted by atomic mass is 16.6. The maximum absolute atomic E-state index is 10.8. The van der Waals surface area contributed by atoms with Crippen molar-refractivity contribution in [1.82, 2.24) is 0 Å². The Morgan fingerprint density at radius 3 is 2.83 bits per heavy atom. The van der Waals surface area contributed by atoms with E-state index in [-0.39, 0.29) is 5.56 Å². The zero-order chi connectivity index (χ0) is 13.5. The Labute approximate surface area is 104 Å². The molecule has 0 heterocycles. The predicted molar refractivity (Wildman–Crippen MR) is 66.6 cm³/mol. The van der Waals surface area contributed by atoms with E-state index >= 15 is 0 Å². The molecule has 94 valence electrons. The lowest BCUT2D eigenvalue weighted by Crippen LogP contribution is -2.05. The Balaban J connectivity index is 2.89. The molecule has 1 rings (SSSR count). The van der Waals surface area contributed by atoms with Gasteiger partial charge in [-0.25, -0.2) is 4.79 Å². The molecule has 2 N–H and O–H groups in total. The van der Waals surface area contributed by atoms with Gasteiger partial charge >= 0.3 is 5.97 Å². The molecule has 6 heteroatoms. The quantitative estimate of drug-likeness (QED) is 0.360. The van der Waals surface area contributed by atoms with E-state index in [1.54, 1.807) is 6.92 Å². The Hall–Kier alpha value is -2.55. The number of carboxylic acid groups (broad SMARTS) is 1. The highest BCUT2D eigenvalue weighted by Gasteiger charge is 2.19. The van der Waals surface area contributed by atoms with Crippen molar-refractivity contribution in [1.29, 1.82) is 0 Å². The molecule has 1 aromatic rings. The van der Waals surface area contributed by atoms with E-state index in [4.69, 9.17) is 5.11 Å². The SMILES string of the molecule is CC#CCCNc1ccc(C(=O)O)c([N+](=O)[O-])c1. The van der Waals surface area contributed by atoms with Crippen LogP contribution in [0.4, 0.5) is 11.4 Å². The van der Waals surface area contributed by atoms with Crippen LogP contribution < -0.4 is 5.32 Å². The van der Waals surface area contributed by atoms with Crippen LogP contribution in [0.15, 0.2) is 18.2 Å². The minimum Gasteiger partial charge on any atom is -0.477 e. The number of nitrogens with zero attached hydrogens (tertiary/aromatic N) is 1. The van der Waals surface area contributed by atoms with Crippen molar-refractivity contribution in [3.8, 4) is 11.8 Å². The number of benzene rings is 1. The fourth-order valence-corrected chi connectivity index (χ4v) is 1.37. The van der Waals surface area contributed by atoms with E-state index < -0.39 is 16.6 Å². The molecule has 0 aliphatic heterocycles. The minimum atomic E-state index is -1.31. The number of carbonyl (C=O) groups is 1. The zero-order valence-corrected chi connectivity index (χ0v) is 9.77. The minimum absolute atomic E-state index is 0.320. The molecule has 0 aromatic heterocycles. The summed E-state index contributed by atoms with van der Waals surface area (Å²) < 4.78 is 0. The average molecular weight is 248 g/mol. The van der Waals surface area contributed by atoms with E-state index in [0.29, 0.717) is 18.7 Å². The Morgan fingerprint density at radius 2 is 2.28 bits per heavy atom. The average Bonchev–Trinajstić information content (AvgIpc) is 2.34. The van der Waals surface area contributed by atoms with E-state index in [1.807, 2.05) is 0 Å². The van der Waals surface area contributed by atoms with Crippen molar-refractivity contribution in [2.75, 3.05) is 11.9 Å². The highest BCUT2D eigenvalue weighted by Crippen LogP contribution is 2.23. The number of nitrogens with one attached hydrogen (secondary N) is 1. The topological polar surface area (TPSA) is 92.5 Å². The first-order chi connectivity index (χ1) is 8.56. The van der Waals surface area contributed by atoms with Gasteiger partial charge in [0.1, 0.15) is 5.56 Å². The van der Waals surface area contributed by atoms with Crippen LogP contribution in [-0.4, -0.2) is 22.5 Å². The van der Waals surface area contributed by atoms with Crippen LogP contribution in [0.5, 0.6) is 0 Å². The van der Waals surface area contributed by atoms with Crippen LogP contribution in [0.25, 0.3) is 0 Å². The molecule has 0 aliphatic carbocycles. The highest BCUT2D eigenvalue weighted by molar-refractivity contribution is 5.93. The van der Waals surface area contributed by atoms with Gasteiger partial charge in [0, 0.05) is 24.7 Å². The van der Waals surface area contributed by atoms with Gasteiger partial charge in [-0.15, -0.1) is 11.8 Å². The van der Waals surface area contributed by atoms with Gasteiger partial charge in [-0.2, -0.15) is 0 Å². The van der Waals surface area contributed by atoms with E-state index in [1.165, 1.54) is 18.2 Å². The first-order valence-electron chi connectivity index (χ1n) is 5.21. The summed E-state index contributed by atoms with van der Waals surface area (Å²) in [5.41, 5.74) is -0.238. The smallest absolute Gasteiger partial charge is 0.342 e. The predicted octanol–water partition coefficient (Wildman–Crippen LogP) is 2.12. The summed E-state index contributed by atoms with van der Waals surface area (Å²) in [7, 11) is 0. The summed E-state index contributed by atoms with van der Waals surface area (Å²) >= 11 is 0. The Morgan fingerprint density at radius 1 is 1.56 bits per heavy atom. The summed E-state index contributed by atoms with van der Waals surface area (Å²) in [6, 6.07) is 3.92. The van der Waals surface area contributed by atoms with Crippen LogP contribution in [0.3, 0.4) is 0 Å². The van der Waals surface area contributed by atoms with Gasteiger partial charge in [-0.3, -0.25) is 10.1 Å². The number of nitro benzene ring substituents is 1. The Kier molecular flexibility index (Phi) is 4.69. The van der Waals surface area contributed by atoms with Crippen LogP contribution in [0.1, 0.15) is 23.7 Å².